The molecule has 0 fully saturated rings. The number of ether oxygens (including phenoxy) is 3. The van der Waals surface area contributed by atoms with Gasteiger partial charge in [0, 0.05) is 12.6 Å². The minimum atomic E-state index is -1.24. The highest BCUT2D eigenvalue weighted by Gasteiger charge is 2.33. The van der Waals surface area contributed by atoms with Gasteiger partial charge in [0.05, 0.1) is 14.2 Å². The van der Waals surface area contributed by atoms with Crippen LogP contribution in [0.1, 0.15) is 24.5 Å². The summed E-state index contributed by atoms with van der Waals surface area (Å²) in [5.74, 6) is 2.17. The monoisotopic (exact) mass is 451 g/mol. The molecule has 3 aromatic carbocycles. The van der Waals surface area contributed by atoms with Gasteiger partial charge in [-0.2, -0.15) is 0 Å². The van der Waals surface area contributed by atoms with E-state index in [0.29, 0.717) is 13.0 Å². The van der Waals surface area contributed by atoms with Gasteiger partial charge < -0.3 is 29.7 Å². The van der Waals surface area contributed by atoms with Crippen LogP contribution in [0.3, 0.4) is 0 Å². The van der Waals surface area contributed by atoms with Crippen LogP contribution >= 0.6 is 0 Å². The maximum atomic E-state index is 11.9. The van der Waals surface area contributed by atoms with E-state index in [-0.39, 0.29) is 12.6 Å². The number of rotatable bonds is 12. The predicted octanol–water partition coefficient (Wildman–Crippen LogP) is 3.75. The Morgan fingerprint density at radius 3 is 1.79 bits per heavy atom. The van der Waals surface area contributed by atoms with Crippen molar-refractivity contribution in [2.24, 2.45) is 0 Å². The Morgan fingerprint density at radius 1 is 0.788 bits per heavy atom. The van der Waals surface area contributed by atoms with Crippen molar-refractivity contribution in [2.75, 3.05) is 27.4 Å². The van der Waals surface area contributed by atoms with Gasteiger partial charge in [-0.1, -0.05) is 42.5 Å². The van der Waals surface area contributed by atoms with E-state index in [1.807, 2.05) is 85.8 Å². The number of hydrogen-bond acceptors (Lipinski definition) is 6. The van der Waals surface area contributed by atoms with Crippen LogP contribution in [0.5, 0.6) is 17.2 Å². The van der Waals surface area contributed by atoms with Crippen LogP contribution in [-0.4, -0.2) is 49.7 Å². The zero-order chi connectivity index (χ0) is 23.7. The third-order valence-electron chi connectivity index (χ3n) is 5.62. The minimum Gasteiger partial charge on any atom is -0.497 e. The molecule has 0 radical (unpaired) electrons. The van der Waals surface area contributed by atoms with E-state index in [2.05, 4.69) is 5.32 Å². The van der Waals surface area contributed by atoms with Crippen LogP contribution in [-0.2, 0) is 5.60 Å². The first-order valence-corrected chi connectivity index (χ1v) is 11.1. The molecule has 1 unspecified atom stereocenters. The first kappa shape index (κ1) is 24.6. The van der Waals surface area contributed by atoms with Crippen LogP contribution in [0.15, 0.2) is 78.9 Å². The van der Waals surface area contributed by atoms with Crippen LogP contribution in [0, 0.1) is 0 Å². The molecule has 176 valence electrons. The number of hydrogen-bond donors (Lipinski definition) is 3. The van der Waals surface area contributed by atoms with E-state index in [4.69, 9.17) is 14.2 Å². The summed E-state index contributed by atoms with van der Waals surface area (Å²) in [6, 6.07) is 24.2. The van der Waals surface area contributed by atoms with Gasteiger partial charge in [0.25, 0.3) is 0 Å². The van der Waals surface area contributed by atoms with Gasteiger partial charge in [-0.3, -0.25) is 0 Å². The fourth-order valence-electron chi connectivity index (χ4n) is 3.76. The number of nitrogens with one attached hydrogen (secondary N) is 1. The van der Waals surface area contributed by atoms with Crippen LogP contribution in [0.4, 0.5) is 0 Å². The third-order valence-corrected chi connectivity index (χ3v) is 5.62. The molecule has 0 amide bonds. The number of benzene rings is 3. The van der Waals surface area contributed by atoms with E-state index < -0.39 is 11.7 Å². The molecule has 0 aliphatic heterocycles. The predicted molar refractivity (Wildman–Crippen MR) is 129 cm³/mol. The Hall–Kier alpha value is -3.06. The number of aliphatic hydroxyl groups excluding tert-OH is 1. The van der Waals surface area contributed by atoms with Crippen molar-refractivity contribution in [3.8, 4) is 17.2 Å². The normalized spacial score (nSPS) is 13.2. The van der Waals surface area contributed by atoms with E-state index in [1.165, 1.54) is 0 Å². The van der Waals surface area contributed by atoms with Crippen molar-refractivity contribution in [3.05, 3.63) is 90.0 Å². The molecule has 0 heterocycles. The largest absolute Gasteiger partial charge is 0.497 e. The lowest BCUT2D eigenvalue weighted by Crippen LogP contribution is -2.41. The summed E-state index contributed by atoms with van der Waals surface area (Å²) in [6.45, 7) is 2.52. The molecule has 3 N–H and O–H groups in total. The van der Waals surface area contributed by atoms with Gasteiger partial charge in [0.1, 0.15) is 35.6 Å². The highest BCUT2D eigenvalue weighted by Crippen LogP contribution is 2.36. The molecular formula is C27H33NO5. The summed E-state index contributed by atoms with van der Waals surface area (Å²) in [4.78, 5) is 0. The van der Waals surface area contributed by atoms with Gasteiger partial charge >= 0.3 is 0 Å². The van der Waals surface area contributed by atoms with Gasteiger partial charge in [-0.25, -0.2) is 0 Å². The molecule has 6 nitrogen and oxygen atoms in total. The van der Waals surface area contributed by atoms with Crippen molar-refractivity contribution >= 4 is 0 Å². The second-order valence-corrected chi connectivity index (χ2v) is 8.11. The molecular weight excluding hydrogens is 418 g/mol. The number of methoxy groups -OCH3 is 2. The zero-order valence-corrected chi connectivity index (χ0v) is 19.4. The van der Waals surface area contributed by atoms with E-state index in [9.17, 15) is 10.2 Å². The van der Waals surface area contributed by atoms with E-state index >= 15 is 0 Å². The average molecular weight is 452 g/mol. The molecule has 0 saturated heterocycles. The van der Waals surface area contributed by atoms with Crippen LogP contribution in [0.2, 0.25) is 0 Å². The van der Waals surface area contributed by atoms with Gasteiger partial charge in [-0.15, -0.1) is 0 Å². The minimum absolute atomic E-state index is 0.0921. The summed E-state index contributed by atoms with van der Waals surface area (Å²) < 4.78 is 16.2. The standard InChI is InChI=1S/C27H33NO5/c1-20(28-18-23(29)19-33-26-7-5-4-6-8-26)17-27(30,21-9-13-24(31-2)14-10-21)22-11-15-25(32-3)16-12-22/h4-16,20,23,28-30H,17-19H2,1-3H3/t20?,23-/m0/s1. The lowest BCUT2D eigenvalue weighted by molar-refractivity contribution is 0.0557. The lowest BCUT2D eigenvalue weighted by Gasteiger charge is -2.33. The van der Waals surface area contributed by atoms with E-state index in [1.54, 1.807) is 14.2 Å². The molecule has 0 aliphatic carbocycles. The molecule has 0 spiro atoms. The Morgan fingerprint density at radius 2 is 1.30 bits per heavy atom. The van der Waals surface area contributed by atoms with Crippen molar-refractivity contribution in [2.45, 2.75) is 31.1 Å². The molecule has 3 rings (SSSR count). The number of aliphatic hydroxyl groups is 2. The molecule has 0 aromatic heterocycles. The Kier molecular flexibility index (Phi) is 8.72. The summed E-state index contributed by atoms with van der Waals surface area (Å²) in [7, 11) is 3.23. The molecule has 0 bridgehead atoms. The van der Waals surface area contributed by atoms with Crippen LogP contribution < -0.4 is 19.5 Å². The summed E-state index contributed by atoms with van der Waals surface area (Å²) in [6.07, 6.45) is -0.277. The summed E-state index contributed by atoms with van der Waals surface area (Å²) in [5.41, 5.74) is 0.279. The molecule has 0 aliphatic rings. The molecule has 2 atom stereocenters. The second-order valence-electron chi connectivity index (χ2n) is 8.11. The molecule has 3 aromatic rings. The Labute approximate surface area is 195 Å². The topological polar surface area (TPSA) is 80.2 Å². The molecule has 0 saturated carbocycles. The van der Waals surface area contributed by atoms with Gasteiger partial charge in [0.2, 0.25) is 0 Å². The third kappa shape index (κ3) is 6.71. The van der Waals surface area contributed by atoms with Gasteiger partial charge in [0.15, 0.2) is 0 Å². The first-order valence-electron chi connectivity index (χ1n) is 11.1. The molecule has 33 heavy (non-hydrogen) atoms. The molecule has 6 heteroatoms. The lowest BCUT2D eigenvalue weighted by atomic mass is 9.81. The average Bonchev–Trinajstić information content (AvgIpc) is 2.87. The summed E-state index contributed by atoms with van der Waals surface area (Å²) in [5, 5.41) is 25.5. The Bertz CT molecular complexity index is 913. The fraction of sp³-hybridized carbons (Fsp3) is 0.333. The van der Waals surface area contributed by atoms with Crippen molar-refractivity contribution in [1.29, 1.82) is 0 Å². The second kappa shape index (κ2) is 11.7. The van der Waals surface area contributed by atoms with Crippen molar-refractivity contribution < 1.29 is 24.4 Å². The van der Waals surface area contributed by atoms with E-state index in [0.717, 1.165) is 28.4 Å². The van der Waals surface area contributed by atoms with Crippen molar-refractivity contribution in [1.82, 2.24) is 5.32 Å². The van der Waals surface area contributed by atoms with Crippen molar-refractivity contribution in [3.63, 3.8) is 0 Å². The fourth-order valence-corrected chi connectivity index (χ4v) is 3.76. The quantitative estimate of drug-likeness (QED) is 0.389. The summed E-state index contributed by atoms with van der Waals surface area (Å²) >= 11 is 0. The highest BCUT2D eigenvalue weighted by atomic mass is 16.5. The van der Waals surface area contributed by atoms with Gasteiger partial charge in [-0.05, 0) is 60.9 Å². The first-order chi connectivity index (χ1) is 15.9. The maximum absolute atomic E-state index is 11.9. The SMILES string of the molecule is COc1ccc(C(O)(CC(C)NC[C@H](O)COc2ccccc2)c2ccc(OC)cc2)cc1. The maximum Gasteiger partial charge on any atom is 0.119 e. The van der Waals surface area contributed by atoms with Crippen LogP contribution in [0.25, 0.3) is 0 Å². The zero-order valence-electron chi connectivity index (χ0n) is 19.4. The number of para-hydroxylation sites is 1. The highest BCUT2D eigenvalue weighted by molar-refractivity contribution is 5.41. The Balaban J connectivity index is 1.68. The smallest absolute Gasteiger partial charge is 0.119 e.